The van der Waals surface area contributed by atoms with E-state index in [1.54, 1.807) is 12.0 Å². The van der Waals surface area contributed by atoms with Crippen LogP contribution in [0, 0.1) is 0 Å². The highest BCUT2D eigenvalue weighted by Gasteiger charge is 2.41. The van der Waals surface area contributed by atoms with E-state index in [1.165, 1.54) is 0 Å². The summed E-state index contributed by atoms with van der Waals surface area (Å²) in [5.41, 5.74) is -0.495. The molecule has 16 heavy (non-hydrogen) atoms. The van der Waals surface area contributed by atoms with Gasteiger partial charge in [0, 0.05) is 20.0 Å². The van der Waals surface area contributed by atoms with E-state index in [9.17, 15) is 4.79 Å². The first-order valence-corrected chi connectivity index (χ1v) is 6.28. The van der Waals surface area contributed by atoms with Crippen molar-refractivity contribution in [2.45, 2.75) is 50.7 Å². The molecule has 0 bridgehead atoms. The Kier molecular flexibility index (Phi) is 4.24. The van der Waals surface area contributed by atoms with Gasteiger partial charge in [-0.1, -0.05) is 0 Å². The van der Waals surface area contributed by atoms with Crippen molar-refractivity contribution in [3.63, 3.8) is 0 Å². The smallest absolute Gasteiger partial charge is 0.225 e. The van der Waals surface area contributed by atoms with E-state index >= 15 is 0 Å². The van der Waals surface area contributed by atoms with Crippen molar-refractivity contribution in [2.24, 2.45) is 0 Å². The molecule has 0 unspecified atom stereocenters. The maximum absolute atomic E-state index is 12.1. The predicted octanol–water partition coefficient (Wildman–Crippen LogP) is 2.42. The summed E-state index contributed by atoms with van der Waals surface area (Å²) in [6.07, 6.45) is 3.61. The number of ether oxygens (including phenoxy) is 1. The molecule has 1 rings (SSSR count). The molecule has 1 saturated carbocycles. The van der Waals surface area contributed by atoms with Crippen LogP contribution in [0.3, 0.4) is 0 Å². The molecule has 0 aromatic heterocycles. The first-order valence-electron chi connectivity index (χ1n) is 5.75. The van der Waals surface area contributed by atoms with Crippen LogP contribution in [0.25, 0.3) is 0 Å². The monoisotopic (exact) mass is 247 g/mol. The molecule has 0 radical (unpaired) electrons. The number of hydrogen-bond donors (Lipinski definition) is 0. The van der Waals surface area contributed by atoms with Crippen LogP contribution in [0.5, 0.6) is 0 Å². The fourth-order valence-electron chi connectivity index (χ4n) is 1.85. The zero-order chi connectivity index (χ0) is 12.4. The third-order valence-electron chi connectivity index (χ3n) is 3.78. The van der Waals surface area contributed by atoms with E-state index in [2.05, 4.69) is 0 Å². The topological polar surface area (TPSA) is 29.5 Å². The van der Waals surface area contributed by atoms with Crippen molar-refractivity contribution < 1.29 is 9.53 Å². The molecule has 3 nitrogen and oxygen atoms in total. The minimum atomic E-state index is -0.294. The van der Waals surface area contributed by atoms with Crippen molar-refractivity contribution in [3.8, 4) is 0 Å². The molecule has 1 amide bonds. The Morgan fingerprint density at radius 3 is 2.38 bits per heavy atom. The van der Waals surface area contributed by atoms with Gasteiger partial charge < -0.3 is 9.64 Å². The van der Waals surface area contributed by atoms with E-state index in [4.69, 9.17) is 16.3 Å². The van der Waals surface area contributed by atoms with Crippen molar-refractivity contribution in [2.75, 3.05) is 20.0 Å². The van der Waals surface area contributed by atoms with E-state index in [0.717, 1.165) is 19.3 Å². The van der Waals surface area contributed by atoms with Gasteiger partial charge in [0.15, 0.2) is 0 Å². The number of alkyl halides is 1. The van der Waals surface area contributed by atoms with Gasteiger partial charge in [-0.3, -0.25) is 4.79 Å². The second-order valence-electron chi connectivity index (χ2n) is 5.32. The van der Waals surface area contributed by atoms with Crippen molar-refractivity contribution >= 4 is 17.5 Å². The molecule has 0 heterocycles. The fourth-order valence-corrected chi connectivity index (χ4v) is 2.02. The molecule has 1 fully saturated rings. The summed E-state index contributed by atoms with van der Waals surface area (Å²) in [7, 11) is 3.51. The number of amides is 1. The predicted molar refractivity (Wildman–Crippen MR) is 65.8 cm³/mol. The molecule has 0 aromatic carbocycles. The highest BCUT2D eigenvalue weighted by molar-refractivity contribution is 6.18. The van der Waals surface area contributed by atoms with E-state index in [-0.39, 0.29) is 17.0 Å². The third kappa shape index (κ3) is 2.69. The minimum Gasteiger partial charge on any atom is -0.378 e. The Hall–Kier alpha value is -0.280. The van der Waals surface area contributed by atoms with Gasteiger partial charge >= 0.3 is 0 Å². The number of nitrogens with zero attached hydrogens (tertiary/aromatic N) is 1. The molecule has 0 atom stereocenters. The van der Waals surface area contributed by atoms with Crippen LogP contribution >= 0.6 is 11.6 Å². The number of rotatable bonds is 5. The van der Waals surface area contributed by atoms with Crippen molar-refractivity contribution in [1.82, 2.24) is 4.90 Å². The van der Waals surface area contributed by atoms with Gasteiger partial charge in [-0.25, -0.2) is 0 Å². The Morgan fingerprint density at radius 1 is 1.50 bits per heavy atom. The van der Waals surface area contributed by atoms with Gasteiger partial charge in [0.1, 0.15) is 0 Å². The standard InChI is InChI=1S/C12H22ClNO2/c1-11(2,9-13)14(3)10(15)8-12(16-4)6-5-7-12/h5-9H2,1-4H3. The fraction of sp³-hybridized carbons (Fsp3) is 0.917. The summed E-state index contributed by atoms with van der Waals surface area (Å²) in [6, 6.07) is 0. The maximum atomic E-state index is 12.1. The Morgan fingerprint density at radius 2 is 2.06 bits per heavy atom. The molecule has 1 aliphatic carbocycles. The third-order valence-corrected chi connectivity index (χ3v) is 4.43. The van der Waals surface area contributed by atoms with Crippen LogP contribution in [-0.2, 0) is 9.53 Å². The van der Waals surface area contributed by atoms with Crippen molar-refractivity contribution in [3.05, 3.63) is 0 Å². The minimum absolute atomic E-state index is 0.118. The average molecular weight is 248 g/mol. The maximum Gasteiger partial charge on any atom is 0.225 e. The summed E-state index contributed by atoms with van der Waals surface area (Å²) in [5, 5.41) is 0. The van der Waals surface area contributed by atoms with Crippen LogP contribution < -0.4 is 0 Å². The molecular formula is C12H22ClNO2. The van der Waals surface area contributed by atoms with Gasteiger partial charge in [0.2, 0.25) is 5.91 Å². The van der Waals surface area contributed by atoms with Gasteiger partial charge in [-0.2, -0.15) is 0 Å². The largest absolute Gasteiger partial charge is 0.378 e. The lowest BCUT2D eigenvalue weighted by molar-refractivity contribution is -0.146. The molecule has 0 aliphatic heterocycles. The lowest BCUT2D eigenvalue weighted by Gasteiger charge is -2.42. The molecule has 0 aromatic rings. The molecular weight excluding hydrogens is 226 g/mol. The average Bonchev–Trinajstić information content (AvgIpc) is 2.22. The second-order valence-corrected chi connectivity index (χ2v) is 5.58. The molecule has 1 aliphatic rings. The molecule has 0 N–H and O–H groups in total. The number of methoxy groups -OCH3 is 1. The highest BCUT2D eigenvalue weighted by Crippen LogP contribution is 2.38. The second kappa shape index (κ2) is 4.92. The molecule has 0 spiro atoms. The summed E-state index contributed by atoms with van der Waals surface area (Å²) in [6.45, 7) is 3.94. The highest BCUT2D eigenvalue weighted by atomic mass is 35.5. The Bertz CT molecular complexity index is 256. The zero-order valence-corrected chi connectivity index (χ0v) is 11.4. The summed E-state index contributed by atoms with van der Waals surface area (Å²) < 4.78 is 5.46. The Labute approximate surface area is 103 Å². The van der Waals surface area contributed by atoms with Crippen LogP contribution in [0.4, 0.5) is 0 Å². The van der Waals surface area contributed by atoms with E-state index < -0.39 is 0 Å². The first kappa shape index (κ1) is 13.8. The van der Waals surface area contributed by atoms with E-state index in [0.29, 0.717) is 12.3 Å². The molecule has 94 valence electrons. The van der Waals surface area contributed by atoms with E-state index in [1.807, 2.05) is 20.9 Å². The number of carbonyl (C=O) groups excluding carboxylic acids is 1. The molecule has 0 saturated heterocycles. The van der Waals surface area contributed by atoms with Crippen molar-refractivity contribution in [1.29, 1.82) is 0 Å². The lowest BCUT2D eigenvalue weighted by Crippen LogP contribution is -2.51. The van der Waals surface area contributed by atoms with Gasteiger partial charge in [-0.15, -0.1) is 11.6 Å². The molecule has 4 heteroatoms. The quantitative estimate of drug-likeness (QED) is 0.699. The van der Waals surface area contributed by atoms with Crippen LogP contribution in [0.15, 0.2) is 0 Å². The van der Waals surface area contributed by atoms with Gasteiger partial charge in [-0.05, 0) is 33.1 Å². The van der Waals surface area contributed by atoms with Gasteiger partial charge in [0.05, 0.1) is 17.6 Å². The number of carbonyl (C=O) groups is 1. The summed E-state index contributed by atoms with van der Waals surface area (Å²) in [4.78, 5) is 13.8. The number of halogens is 1. The van der Waals surface area contributed by atoms with Crippen LogP contribution in [0.2, 0.25) is 0 Å². The number of hydrogen-bond acceptors (Lipinski definition) is 2. The normalized spacial score (nSPS) is 19.1. The van der Waals surface area contributed by atoms with Crippen LogP contribution in [0.1, 0.15) is 39.5 Å². The lowest BCUT2D eigenvalue weighted by atomic mass is 9.77. The SMILES string of the molecule is COC1(CC(=O)N(C)C(C)(C)CCl)CCC1. The zero-order valence-electron chi connectivity index (χ0n) is 10.7. The summed E-state index contributed by atoms with van der Waals surface area (Å²) >= 11 is 5.86. The van der Waals surface area contributed by atoms with Gasteiger partial charge in [0.25, 0.3) is 0 Å². The Balaban J connectivity index is 2.58. The van der Waals surface area contributed by atoms with Crippen LogP contribution in [-0.4, -0.2) is 42.0 Å². The summed E-state index contributed by atoms with van der Waals surface area (Å²) in [5.74, 6) is 0.557. The first-order chi connectivity index (χ1) is 7.37.